The van der Waals surface area contributed by atoms with Crippen LogP contribution in [0.2, 0.25) is 0 Å². The molecule has 4 N–H and O–H groups in total. The van der Waals surface area contributed by atoms with E-state index in [-0.39, 0.29) is 24.6 Å². The van der Waals surface area contributed by atoms with Crippen molar-refractivity contribution in [2.75, 3.05) is 31.5 Å². The van der Waals surface area contributed by atoms with Gasteiger partial charge in [0.2, 0.25) is 5.95 Å². The summed E-state index contributed by atoms with van der Waals surface area (Å²) in [5.74, 6) is 2.27. The van der Waals surface area contributed by atoms with Gasteiger partial charge in [0.15, 0.2) is 0 Å². The number of aryl methyl sites for hydroxylation is 1. The Hall–Kier alpha value is -3.47. The summed E-state index contributed by atoms with van der Waals surface area (Å²) in [7, 11) is 3.25. The number of thiazole rings is 1. The number of aliphatic hydroxyl groups is 2. The third-order valence-electron chi connectivity index (χ3n) is 6.77. The Kier molecular flexibility index (Phi) is 9.21. The number of para-hydroxylation sites is 1. The Labute approximate surface area is 233 Å². The summed E-state index contributed by atoms with van der Waals surface area (Å²) in [6, 6.07) is 13.6. The highest BCUT2D eigenvalue weighted by atomic mass is 32.1. The van der Waals surface area contributed by atoms with Crippen molar-refractivity contribution in [2.24, 2.45) is 5.92 Å². The summed E-state index contributed by atoms with van der Waals surface area (Å²) in [5.41, 5.74) is 3.51. The molecule has 0 saturated heterocycles. The quantitative estimate of drug-likeness (QED) is 0.183. The lowest BCUT2D eigenvalue weighted by Crippen LogP contribution is -2.28. The SMILES string of the molecule is COc1cc(OC)cc(C(C)Nc2nc(C)c(-c3nc4ccccc4s3)c(NC(C)C[C@H](CO)[C@H](C)O)n2)c1. The number of rotatable bonds is 12. The van der Waals surface area contributed by atoms with Gasteiger partial charge in [0.05, 0.1) is 47.8 Å². The average molecular weight is 552 g/mol. The van der Waals surface area contributed by atoms with Gasteiger partial charge in [0, 0.05) is 24.6 Å². The van der Waals surface area contributed by atoms with Gasteiger partial charge in [-0.3, -0.25) is 0 Å². The number of hydrogen-bond acceptors (Lipinski definition) is 10. The maximum Gasteiger partial charge on any atom is 0.225 e. The highest BCUT2D eigenvalue weighted by molar-refractivity contribution is 7.21. The van der Waals surface area contributed by atoms with Crippen LogP contribution in [0.4, 0.5) is 11.8 Å². The van der Waals surface area contributed by atoms with E-state index in [0.29, 0.717) is 29.7 Å². The molecule has 0 saturated carbocycles. The standard InChI is InChI=1S/C29H37N5O4S/c1-16(11-21(15-35)19(4)36)30-27-26(28-33-24-9-7-8-10-25(24)39-28)18(3)32-29(34-27)31-17(2)20-12-22(37-5)14-23(13-20)38-6/h7-10,12-14,16-17,19,21,35-36H,11,15H2,1-6H3,(H2,30,31,32,34)/t16?,17?,19-,21+/m0/s1. The predicted molar refractivity (Wildman–Crippen MR) is 157 cm³/mol. The minimum Gasteiger partial charge on any atom is -0.497 e. The van der Waals surface area contributed by atoms with Crippen LogP contribution in [0.25, 0.3) is 20.8 Å². The van der Waals surface area contributed by atoms with Crippen LogP contribution in [0.5, 0.6) is 11.5 Å². The van der Waals surface area contributed by atoms with Crippen molar-refractivity contribution >= 4 is 33.3 Å². The molecule has 0 amide bonds. The number of anilines is 2. The lowest BCUT2D eigenvalue weighted by Gasteiger charge is -2.24. The van der Waals surface area contributed by atoms with E-state index in [9.17, 15) is 10.2 Å². The molecule has 9 nitrogen and oxygen atoms in total. The molecule has 2 heterocycles. The minimum absolute atomic E-state index is 0.0768. The van der Waals surface area contributed by atoms with Gasteiger partial charge in [-0.25, -0.2) is 9.97 Å². The smallest absolute Gasteiger partial charge is 0.225 e. The second-order valence-corrected chi connectivity index (χ2v) is 10.8. The minimum atomic E-state index is -0.618. The number of fused-ring (bicyclic) bond motifs is 1. The molecular formula is C29H37N5O4S. The molecule has 2 unspecified atom stereocenters. The van der Waals surface area contributed by atoms with Gasteiger partial charge in [0.25, 0.3) is 0 Å². The van der Waals surface area contributed by atoms with Crippen LogP contribution in [-0.4, -0.2) is 58.1 Å². The predicted octanol–water partition coefficient (Wildman–Crippen LogP) is 5.43. The normalized spacial score (nSPS) is 14.5. The fraction of sp³-hybridized carbons (Fsp3) is 0.414. The first-order valence-corrected chi connectivity index (χ1v) is 13.8. The fourth-order valence-corrected chi connectivity index (χ4v) is 5.57. The number of nitrogens with zero attached hydrogens (tertiary/aromatic N) is 3. The van der Waals surface area contributed by atoms with E-state index in [2.05, 4.69) is 16.7 Å². The second-order valence-electron chi connectivity index (χ2n) is 9.82. The summed E-state index contributed by atoms with van der Waals surface area (Å²) in [5, 5.41) is 27.6. The first-order valence-electron chi connectivity index (χ1n) is 13.0. The van der Waals surface area contributed by atoms with Crippen LogP contribution < -0.4 is 20.1 Å². The van der Waals surface area contributed by atoms with Gasteiger partial charge in [-0.05, 0) is 63.9 Å². The fourth-order valence-electron chi connectivity index (χ4n) is 4.50. The van der Waals surface area contributed by atoms with Crippen molar-refractivity contribution in [3.05, 3.63) is 53.7 Å². The van der Waals surface area contributed by atoms with Gasteiger partial charge in [-0.1, -0.05) is 12.1 Å². The van der Waals surface area contributed by atoms with Gasteiger partial charge in [-0.15, -0.1) is 11.3 Å². The molecule has 2 aromatic carbocycles. The number of ether oxygens (including phenoxy) is 2. The van der Waals surface area contributed by atoms with E-state index >= 15 is 0 Å². The van der Waals surface area contributed by atoms with E-state index in [1.165, 1.54) is 0 Å². The van der Waals surface area contributed by atoms with Gasteiger partial charge >= 0.3 is 0 Å². The molecule has 39 heavy (non-hydrogen) atoms. The molecular weight excluding hydrogens is 514 g/mol. The number of hydrogen-bond donors (Lipinski definition) is 4. The average Bonchev–Trinajstić information content (AvgIpc) is 3.34. The van der Waals surface area contributed by atoms with Crippen LogP contribution in [0.3, 0.4) is 0 Å². The van der Waals surface area contributed by atoms with Crippen molar-refractivity contribution in [1.82, 2.24) is 15.0 Å². The van der Waals surface area contributed by atoms with E-state index < -0.39 is 6.10 Å². The van der Waals surface area contributed by atoms with E-state index in [4.69, 9.17) is 24.4 Å². The molecule has 0 radical (unpaired) electrons. The van der Waals surface area contributed by atoms with Crippen LogP contribution in [0, 0.1) is 12.8 Å². The molecule has 10 heteroatoms. The maximum absolute atomic E-state index is 10.1. The molecule has 0 spiro atoms. The summed E-state index contributed by atoms with van der Waals surface area (Å²) in [4.78, 5) is 14.6. The summed E-state index contributed by atoms with van der Waals surface area (Å²) in [6.45, 7) is 7.61. The maximum atomic E-state index is 10.1. The van der Waals surface area contributed by atoms with Crippen molar-refractivity contribution in [1.29, 1.82) is 0 Å². The van der Waals surface area contributed by atoms with Gasteiger partial charge in [-0.2, -0.15) is 4.98 Å². The Morgan fingerprint density at radius 3 is 2.26 bits per heavy atom. The van der Waals surface area contributed by atoms with E-state index in [1.54, 1.807) is 32.5 Å². The number of benzene rings is 2. The van der Waals surface area contributed by atoms with E-state index in [1.807, 2.05) is 57.2 Å². The third-order valence-corrected chi connectivity index (χ3v) is 7.83. The van der Waals surface area contributed by atoms with Gasteiger partial charge in [0.1, 0.15) is 22.3 Å². The van der Waals surface area contributed by atoms with Crippen molar-refractivity contribution in [3.63, 3.8) is 0 Å². The molecule has 208 valence electrons. The Morgan fingerprint density at radius 1 is 0.949 bits per heavy atom. The number of aliphatic hydroxyl groups excluding tert-OH is 2. The molecule has 0 aliphatic heterocycles. The van der Waals surface area contributed by atoms with Crippen LogP contribution in [0.1, 0.15) is 44.5 Å². The second kappa shape index (κ2) is 12.6. The van der Waals surface area contributed by atoms with Crippen molar-refractivity contribution in [2.45, 2.75) is 52.3 Å². The lowest BCUT2D eigenvalue weighted by molar-refractivity contribution is 0.0736. The Morgan fingerprint density at radius 2 is 1.64 bits per heavy atom. The van der Waals surface area contributed by atoms with Crippen LogP contribution >= 0.6 is 11.3 Å². The number of aromatic nitrogens is 3. The highest BCUT2D eigenvalue weighted by Crippen LogP contribution is 2.37. The largest absolute Gasteiger partial charge is 0.497 e. The molecule has 0 bridgehead atoms. The molecule has 0 fully saturated rings. The Bertz CT molecular complexity index is 1350. The summed E-state index contributed by atoms with van der Waals surface area (Å²) >= 11 is 1.59. The monoisotopic (exact) mass is 551 g/mol. The molecule has 0 aliphatic carbocycles. The molecule has 4 aromatic rings. The molecule has 0 aliphatic rings. The summed E-state index contributed by atoms with van der Waals surface area (Å²) in [6.07, 6.45) is -0.0488. The Balaban J connectivity index is 1.70. The molecule has 4 atom stereocenters. The zero-order valence-electron chi connectivity index (χ0n) is 23.2. The third kappa shape index (κ3) is 6.76. The highest BCUT2D eigenvalue weighted by Gasteiger charge is 2.23. The zero-order chi connectivity index (χ0) is 28.1. The zero-order valence-corrected chi connectivity index (χ0v) is 24.0. The topological polar surface area (TPSA) is 122 Å². The molecule has 2 aromatic heterocycles. The van der Waals surface area contributed by atoms with E-state index in [0.717, 1.165) is 32.0 Å². The number of nitrogens with one attached hydrogen (secondary N) is 2. The van der Waals surface area contributed by atoms with Crippen molar-refractivity contribution < 1.29 is 19.7 Å². The summed E-state index contributed by atoms with van der Waals surface area (Å²) < 4.78 is 12.0. The van der Waals surface area contributed by atoms with Crippen LogP contribution in [0.15, 0.2) is 42.5 Å². The lowest BCUT2D eigenvalue weighted by atomic mass is 9.96. The van der Waals surface area contributed by atoms with Crippen molar-refractivity contribution in [3.8, 4) is 22.1 Å². The first-order chi connectivity index (χ1) is 18.7. The molecule has 4 rings (SSSR count). The first kappa shape index (κ1) is 28.5. The number of methoxy groups -OCH3 is 2. The van der Waals surface area contributed by atoms with Gasteiger partial charge < -0.3 is 30.3 Å². The van der Waals surface area contributed by atoms with Crippen LogP contribution in [-0.2, 0) is 0 Å².